The summed E-state index contributed by atoms with van der Waals surface area (Å²) in [6, 6.07) is 17.9. The largest absolute Gasteiger partial charge is 0.459 e. The standard InChI is InChI=1S/C22H25N3O6/c1-15(26)30-21-19(24-25-23)22(27)31-18(14-28-12-16-8-4-2-5-9-16)20(21)29-13-17-10-6-3-7-11-17/h2-11,18-22,27H,12-14H2,1H3/t18-,19-,20+,21-,22+/m1/s1. The first-order valence-corrected chi connectivity index (χ1v) is 9.90. The lowest BCUT2D eigenvalue weighted by molar-refractivity contribution is -0.267. The van der Waals surface area contributed by atoms with Gasteiger partial charge in [0, 0.05) is 11.8 Å². The summed E-state index contributed by atoms with van der Waals surface area (Å²) in [5, 5.41) is 14.0. The number of carbonyl (C=O) groups is 1. The van der Waals surface area contributed by atoms with Gasteiger partial charge in [-0.15, -0.1) is 0 Å². The molecule has 0 radical (unpaired) electrons. The van der Waals surface area contributed by atoms with E-state index in [1.165, 1.54) is 6.92 Å². The fourth-order valence-corrected chi connectivity index (χ4v) is 3.39. The number of ether oxygens (including phenoxy) is 4. The predicted molar refractivity (Wildman–Crippen MR) is 110 cm³/mol. The van der Waals surface area contributed by atoms with Gasteiger partial charge in [-0.1, -0.05) is 65.8 Å². The van der Waals surface area contributed by atoms with Crippen molar-refractivity contribution in [2.24, 2.45) is 5.11 Å². The highest BCUT2D eigenvalue weighted by molar-refractivity contribution is 5.66. The van der Waals surface area contributed by atoms with Gasteiger partial charge < -0.3 is 24.1 Å². The van der Waals surface area contributed by atoms with Crippen LogP contribution in [0.4, 0.5) is 0 Å². The summed E-state index contributed by atoms with van der Waals surface area (Å²) >= 11 is 0. The molecule has 2 aromatic rings. The third-order valence-electron chi connectivity index (χ3n) is 4.80. The maximum atomic E-state index is 11.7. The van der Waals surface area contributed by atoms with E-state index in [9.17, 15) is 9.90 Å². The SMILES string of the molecule is CC(=O)O[C@@H]1[C@@H](N=[N+]=[N-])[C@@H](O)O[C@H](COCc2ccccc2)[C@@H]1OCc1ccccc1. The molecule has 1 aliphatic heterocycles. The van der Waals surface area contributed by atoms with Crippen molar-refractivity contribution >= 4 is 5.97 Å². The van der Waals surface area contributed by atoms with Crippen LogP contribution in [0, 0.1) is 0 Å². The lowest BCUT2D eigenvalue weighted by atomic mass is 9.97. The van der Waals surface area contributed by atoms with E-state index in [0.29, 0.717) is 6.61 Å². The quantitative estimate of drug-likeness (QED) is 0.284. The Labute approximate surface area is 180 Å². The molecule has 31 heavy (non-hydrogen) atoms. The molecule has 9 heteroatoms. The number of aliphatic hydroxyl groups is 1. The van der Waals surface area contributed by atoms with Crippen LogP contribution in [0.25, 0.3) is 10.4 Å². The van der Waals surface area contributed by atoms with E-state index in [1.807, 2.05) is 60.7 Å². The average Bonchev–Trinajstić information content (AvgIpc) is 2.77. The Kier molecular flexibility index (Phi) is 8.40. The lowest BCUT2D eigenvalue weighted by Gasteiger charge is -2.42. The van der Waals surface area contributed by atoms with Crippen LogP contribution in [0.2, 0.25) is 0 Å². The summed E-state index contributed by atoms with van der Waals surface area (Å²) in [6.45, 7) is 1.86. The van der Waals surface area contributed by atoms with Gasteiger partial charge in [0.1, 0.15) is 24.4 Å². The zero-order chi connectivity index (χ0) is 22.1. The molecule has 1 N–H and O–H groups in total. The van der Waals surface area contributed by atoms with E-state index >= 15 is 0 Å². The van der Waals surface area contributed by atoms with Crippen LogP contribution in [0.5, 0.6) is 0 Å². The minimum atomic E-state index is -1.47. The molecule has 9 nitrogen and oxygen atoms in total. The summed E-state index contributed by atoms with van der Waals surface area (Å²) < 4.78 is 22.9. The number of azide groups is 1. The average molecular weight is 427 g/mol. The van der Waals surface area contributed by atoms with Gasteiger partial charge in [0.05, 0.1) is 19.8 Å². The molecule has 1 aliphatic rings. The monoisotopic (exact) mass is 427 g/mol. The maximum Gasteiger partial charge on any atom is 0.303 e. The minimum Gasteiger partial charge on any atom is -0.459 e. The van der Waals surface area contributed by atoms with Crippen LogP contribution < -0.4 is 0 Å². The van der Waals surface area contributed by atoms with Gasteiger partial charge in [-0.05, 0) is 16.7 Å². The molecule has 3 rings (SSSR count). The smallest absolute Gasteiger partial charge is 0.303 e. The molecule has 5 atom stereocenters. The molecule has 0 bridgehead atoms. The topological polar surface area (TPSA) is 123 Å². The number of nitrogens with zero attached hydrogens (tertiary/aromatic N) is 3. The number of carbonyl (C=O) groups excluding carboxylic acids is 1. The van der Waals surface area contributed by atoms with Gasteiger partial charge >= 0.3 is 5.97 Å². The Hall–Kier alpha value is -2.94. The first-order chi connectivity index (χ1) is 15.1. The van der Waals surface area contributed by atoms with E-state index in [0.717, 1.165) is 11.1 Å². The van der Waals surface area contributed by atoms with Crippen LogP contribution in [0.1, 0.15) is 18.1 Å². The molecule has 0 spiro atoms. The summed E-state index contributed by atoms with van der Waals surface area (Å²) in [6.07, 6.45) is -4.08. The predicted octanol–water partition coefficient (Wildman–Crippen LogP) is 3.12. The fraction of sp³-hybridized carbons (Fsp3) is 0.409. The van der Waals surface area contributed by atoms with Crippen LogP contribution in [-0.4, -0.2) is 48.3 Å². The molecule has 0 aliphatic carbocycles. The molecule has 1 fully saturated rings. The Morgan fingerprint density at radius 1 is 1.06 bits per heavy atom. The molecule has 1 saturated heterocycles. The maximum absolute atomic E-state index is 11.7. The lowest BCUT2D eigenvalue weighted by Crippen LogP contribution is -2.60. The summed E-state index contributed by atoms with van der Waals surface area (Å²) in [7, 11) is 0. The first kappa shape index (κ1) is 22.7. The number of rotatable bonds is 9. The number of benzene rings is 2. The highest BCUT2D eigenvalue weighted by Crippen LogP contribution is 2.28. The van der Waals surface area contributed by atoms with E-state index in [2.05, 4.69) is 10.0 Å². The Balaban J connectivity index is 1.77. The van der Waals surface area contributed by atoms with Gasteiger partial charge in [-0.2, -0.15) is 0 Å². The third kappa shape index (κ3) is 6.52. The molecule has 164 valence electrons. The summed E-state index contributed by atoms with van der Waals surface area (Å²) in [4.78, 5) is 14.5. The highest BCUT2D eigenvalue weighted by Gasteiger charge is 2.48. The van der Waals surface area contributed by atoms with Crippen molar-refractivity contribution in [3.8, 4) is 0 Å². The molecule has 2 aromatic carbocycles. The van der Waals surface area contributed by atoms with Crippen molar-refractivity contribution in [2.45, 2.75) is 50.8 Å². The van der Waals surface area contributed by atoms with Crippen LogP contribution in [0.3, 0.4) is 0 Å². The first-order valence-electron chi connectivity index (χ1n) is 9.90. The van der Waals surface area contributed by atoms with Crippen molar-refractivity contribution in [3.05, 3.63) is 82.2 Å². The van der Waals surface area contributed by atoms with Gasteiger partial charge in [0.25, 0.3) is 0 Å². The number of esters is 1. The Bertz CT molecular complexity index is 875. The van der Waals surface area contributed by atoms with E-state index in [4.69, 9.17) is 24.5 Å². The zero-order valence-corrected chi connectivity index (χ0v) is 17.1. The molecule has 1 heterocycles. The minimum absolute atomic E-state index is 0.0756. The Morgan fingerprint density at radius 2 is 1.68 bits per heavy atom. The normalized spacial score (nSPS) is 25.4. The number of hydrogen-bond acceptors (Lipinski definition) is 7. The summed E-state index contributed by atoms with van der Waals surface area (Å²) in [5.74, 6) is -0.588. The van der Waals surface area contributed by atoms with Gasteiger partial charge in [-0.3, -0.25) is 4.79 Å². The van der Waals surface area contributed by atoms with Crippen molar-refractivity contribution in [3.63, 3.8) is 0 Å². The zero-order valence-electron chi connectivity index (χ0n) is 17.1. The van der Waals surface area contributed by atoms with E-state index < -0.39 is 36.6 Å². The van der Waals surface area contributed by atoms with Crippen molar-refractivity contribution in [1.82, 2.24) is 0 Å². The molecular weight excluding hydrogens is 402 g/mol. The van der Waals surface area contributed by atoms with Crippen molar-refractivity contribution in [1.29, 1.82) is 0 Å². The van der Waals surface area contributed by atoms with Crippen molar-refractivity contribution < 1.29 is 28.8 Å². The van der Waals surface area contributed by atoms with E-state index in [-0.39, 0.29) is 13.2 Å². The second-order valence-electron chi connectivity index (χ2n) is 7.10. The third-order valence-corrected chi connectivity index (χ3v) is 4.80. The molecule has 0 saturated carbocycles. The molecule has 0 amide bonds. The van der Waals surface area contributed by atoms with Gasteiger partial charge in [0.2, 0.25) is 0 Å². The second-order valence-corrected chi connectivity index (χ2v) is 7.10. The van der Waals surface area contributed by atoms with Gasteiger partial charge in [-0.25, -0.2) is 0 Å². The highest BCUT2D eigenvalue weighted by atomic mass is 16.7. The van der Waals surface area contributed by atoms with E-state index in [1.54, 1.807) is 0 Å². The molecule has 0 aromatic heterocycles. The van der Waals surface area contributed by atoms with Gasteiger partial charge in [0.15, 0.2) is 6.29 Å². The number of aliphatic hydroxyl groups excluding tert-OH is 1. The number of hydrogen-bond donors (Lipinski definition) is 1. The molecule has 0 unspecified atom stereocenters. The summed E-state index contributed by atoms with van der Waals surface area (Å²) in [5.41, 5.74) is 10.8. The Morgan fingerprint density at radius 3 is 2.26 bits per heavy atom. The fourth-order valence-electron chi connectivity index (χ4n) is 3.39. The van der Waals surface area contributed by atoms with Crippen molar-refractivity contribution in [2.75, 3.05) is 6.61 Å². The molecular formula is C22H25N3O6. The van der Waals surface area contributed by atoms with Crippen LogP contribution >= 0.6 is 0 Å². The second kappa shape index (κ2) is 11.5. The van der Waals surface area contributed by atoms with Crippen LogP contribution in [-0.2, 0) is 37.0 Å². The van der Waals surface area contributed by atoms with Crippen LogP contribution in [0.15, 0.2) is 65.8 Å².